The van der Waals surface area contributed by atoms with Crippen molar-refractivity contribution in [1.82, 2.24) is 15.5 Å². The van der Waals surface area contributed by atoms with Crippen LogP contribution in [-0.4, -0.2) is 43.1 Å². The number of amides is 3. The van der Waals surface area contributed by atoms with Crippen molar-refractivity contribution in [2.75, 3.05) is 26.3 Å². The van der Waals surface area contributed by atoms with E-state index < -0.39 is 0 Å². The summed E-state index contributed by atoms with van der Waals surface area (Å²) >= 11 is 1.61. The van der Waals surface area contributed by atoms with Gasteiger partial charge in [0.15, 0.2) is 0 Å². The van der Waals surface area contributed by atoms with E-state index in [4.69, 9.17) is 4.74 Å². The lowest BCUT2D eigenvalue weighted by molar-refractivity contribution is -0.130. The molecule has 30 heavy (non-hydrogen) atoms. The molecule has 0 bridgehead atoms. The minimum Gasteiger partial charge on any atom is -0.381 e. The van der Waals surface area contributed by atoms with Crippen LogP contribution < -0.4 is 10.6 Å². The van der Waals surface area contributed by atoms with Gasteiger partial charge in [-0.2, -0.15) is 0 Å². The molecule has 1 aromatic heterocycles. The van der Waals surface area contributed by atoms with Crippen molar-refractivity contribution in [2.45, 2.75) is 25.9 Å². The first-order chi connectivity index (χ1) is 14.6. The zero-order valence-corrected chi connectivity index (χ0v) is 17.6. The van der Waals surface area contributed by atoms with Gasteiger partial charge in [-0.1, -0.05) is 18.2 Å². The van der Waals surface area contributed by atoms with Crippen LogP contribution in [0.2, 0.25) is 0 Å². The van der Waals surface area contributed by atoms with Crippen LogP contribution in [0.4, 0.5) is 9.18 Å². The molecule has 2 saturated heterocycles. The molecule has 2 fully saturated rings. The molecule has 1 unspecified atom stereocenters. The average molecular weight is 432 g/mol. The molecule has 1 atom stereocenters. The summed E-state index contributed by atoms with van der Waals surface area (Å²) in [5, 5.41) is 7.90. The number of thiophene rings is 1. The molecule has 8 heteroatoms. The van der Waals surface area contributed by atoms with E-state index in [-0.39, 0.29) is 35.6 Å². The Hall–Kier alpha value is -2.45. The Morgan fingerprint density at radius 2 is 2.00 bits per heavy atom. The number of hydrogen-bond donors (Lipinski definition) is 2. The lowest BCUT2D eigenvalue weighted by atomic mass is 9.72. The number of likely N-dealkylation sites (tertiary alicyclic amines) is 1. The third-order valence-corrected chi connectivity index (χ3v) is 6.97. The summed E-state index contributed by atoms with van der Waals surface area (Å²) in [5.41, 5.74) is 0.446. The van der Waals surface area contributed by atoms with Gasteiger partial charge in [0.2, 0.25) is 5.91 Å². The van der Waals surface area contributed by atoms with Gasteiger partial charge in [-0.05, 0) is 42.0 Å². The Bertz CT molecular complexity index is 884. The number of benzene rings is 1. The summed E-state index contributed by atoms with van der Waals surface area (Å²) in [6, 6.07) is 9.91. The number of hydrogen-bond acceptors (Lipinski definition) is 4. The van der Waals surface area contributed by atoms with E-state index in [0.29, 0.717) is 38.4 Å². The van der Waals surface area contributed by atoms with Gasteiger partial charge < -0.3 is 20.3 Å². The van der Waals surface area contributed by atoms with Crippen LogP contribution in [0.25, 0.3) is 0 Å². The first-order valence-electron chi connectivity index (χ1n) is 10.2. The first-order valence-corrected chi connectivity index (χ1v) is 11.1. The van der Waals surface area contributed by atoms with E-state index in [0.717, 1.165) is 17.7 Å². The Kier molecular flexibility index (Phi) is 6.34. The fraction of sp³-hybridized carbons (Fsp3) is 0.455. The highest BCUT2D eigenvalue weighted by Gasteiger charge is 2.51. The number of nitrogens with one attached hydrogen (secondary N) is 2. The number of carbonyl (C=O) groups excluding carboxylic acids is 2. The molecule has 3 heterocycles. The van der Waals surface area contributed by atoms with Crippen molar-refractivity contribution in [3.8, 4) is 0 Å². The van der Waals surface area contributed by atoms with Gasteiger partial charge in [0.1, 0.15) is 5.82 Å². The third-order valence-electron chi connectivity index (χ3n) is 6.09. The van der Waals surface area contributed by atoms with Gasteiger partial charge in [0.05, 0.1) is 12.5 Å². The van der Waals surface area contributed by atoms with Crippen LogP contribution >= 0.6 is 11.3 Å². The summed E-state index contributed by atoms with van der Waals surface area (Å²) in [5.74, 6) is -0.599. The smallest absolute Gasteiger partial charge is 0.317 e. The zero-order valence-electron chi connectivity index (χ0n) is 16.7. The van der Waals surface area contributed by atoms with Gasteiger partial charge >= 0.3 is 6.03 Å². The molecular weight excluding hydrogens is 405 g/mol. The Balaban J connectivity index is 1.40. The molecule has 1 aromatic carbocycles. The average Bonchev–Trinajstić information content (AvgIpc) is 3.39. The molecule has 6 nitrogen and oxygen atoms in total. The molecule has 4 rings (SSSR count). The summed E-state index contributed by atoms with van der Waals surface area (Å²) in [4.78, 5) is 28.7. The zero-order chi connectivity index (χ0) is 21.0. The van der Waals surface area contributed by atoms with Crippen LogP contribution in [0.3, 0.4) is 0 Å². The predicted molar refractivity (Wildman–Crippen MR) is 112 cm³/mol. The second-order valence-electron chi connectivity index (χ2n) is 7.99. The monoisotopic (exact) mass is 431 g/mol. The predicted octanol–water partition coefficient (Wildman–Crippen LogP) is 3.14. The van der Waals surface area contributed by atoms with Crippen molar-refractivity contribution in [1.29, 1.82) is 0 Å². The molecule has 2 aliphatic heterocycles. The second-order valence-corrected chi connectivity index (χ2v) is 9.03. The number of nitrogens with zero attached hydrogens (tertiary/aromatic N) is 1. The van der Waals surface area contributed by atoms with Crippen LogP contribution in [0.15, 0.2) is 41.8 Å². The van der Waals surface area contributed by atoms with Crippen molar-refractivity contribution in [2.24, 2.45) is 11.3 Å². The standard InChI is InChI=1S/C22H26FN3O3S/c23-17-4-1-3-16(11-17)12-25-21(28)26-14-19(22(15-26)6-8-29-9-7-22)20(27)24-13-18-5-2-10-30-18/h1-5,10-11,19H,6-9,12-15H2,(H,24,27)(H,25,28). The molecule has 3 amide bonds. The van der Waals surface area contributed by atoms with Gasteiger partial charge in [-0.25, -0.2) is 9.18 Å². The lowest BCUT2D eigenvalue weighted by Crippen LogP contribution is -2.44. The minimum atomic E-state index is -0.327. The molecule has 0 radical (unpaired) electrons. The number of halogens is 1. The van der Waals surface area contributed by atoms with Gasteiger partial charge in [0, 0.05) is 43.1 Å². The lowest BCUT2D eigenvalue weighted by Gasteiger charge is -2.37. The largest absolute Gasteiger partial charge is 0.381 e. The quantitative estimate of drug-likeness (QED) is 0.764. The van der Waals surface area contributed by atoms with Gasteiger partial charge in [0.25, 0.3) is 0 Å². The van der Waals surface area contributed by atoms with Crippen molar-refractivity contribution >= 4 is 23.3 Å². The molecule has 2 aromatic rings. The summed E-state index contributed by atoms with van der Waals surface area (Å²) in [6.07, 6.45) is 1.52. The number of carbonyl (C=O) groups is 2. The Morgan fingerprint density at radius 3 is 2.73 bits per heavy atom. The highest BCUT2D eigenvalue weighted by Crippen LogP contribution is 2.44. The number of urea groups is 1. The number of rotatable bonds is 5. The highest BCUT2D eigenvalue weighted by molar-refractivity contribution is 7.09. The van der Waals surface area contributed by atoms with Crippen LogP contribution in [0.1, 0.15) is 23.3 Å². The van der Waals surface area contributed by atoms with Crippen LogP contribution in [0.5, 0.6) is 0 Å². The summed E-state index contributed by atoms with van der Waals surface area (Å²) < 4.78 is 18.9. The number of ether oxygens (including phenoxy) is 1. The van der Waals surface area contributed by atoms with E-state index in [9.17, 15) is 14.0 Å². The first kappa shape index (κ1) is 20.8. The normalized spacial score (nSPS) is 20.3. The maximum atomic E-state index is 13.4. The van der Waals surface area contributed by atoms with Gasteiger partial charge in [-0.3, -0.25) is 4.79 Å². The second kappa shape index (κ2) is 9.14. The van der Waals surface area contributed by atoms with Crippen molar-refractivity contribution < 1.29 is 18.7 Å². The molecule has 1 spiro atoms. The SMILES string of the molecule is O=C(NCc1cccs1)C1CN(C(=O)NCc2cccc(F)c2)CC12CCOCC2. The fourth-order valence-corrected chi connectivity index (χ4v) is 5.06. The fourth-order valence-electron chi connectivity index (χ4n) is 4.42. The van der Waals surface area contributed by atoms with E-state index in [2.05, 4.69) is 10.6 Å². The van der Waals surface area contributed by atoms with E-state index in [1.54, 1.807) is 28.4 Å². The highest BCUT2D eigenvalue weighted by atomic mass is 32.1. The Labute approximate surface area is 179 Å². The molecule has 0 aliphatic carbocycles. The van der Waals surface area contributed by atoms with E-state index in [1.807, 2.05) is 17.5 Å². The molecular formula is C22H26FN3O3S. The van der Waals surface area contributed by atoms with Crippen LogP contribution in [-0.2, 0) is 22.6 Å². The summed E-state index contributed by atoms with van der Waals surface area (Å²) in [7, 11) is 0. The van der Waals surface area contributed by atoms with E-state index in [1.165, 1.54) is 12.1 Å². The summed E-state index contributed by atoms with van der Waals surface area (Å²) in [6.45, 7) is 2.87. The molecule has 160 valence electrons. The topological polar surface area (TPSA) is 70.7 Å². The minimum absolute atomic E-state index is 0.00858. The Morgan fingerprint density at radius 1 is 1.17 bits per heavy atom. The van der Waals surface area contributed by atoms with Crippen LogP contribution in [0, 0.1) is 17.2 Å². The maximum Gasteiger partial charge on any atom is 0.317 e. The van der Waals surface area contributed by atoms with E-state index >= 15 is 0 Å². The third kappa shape index (κ3) is 4.65. The molecule has 2 N–H and O–H groups in total. The maximum absolute atomic E-state index is 13.4. The van der Waals surface area contributed by atoms with Crippen molar-refractivity contribution in [3.05, 3.63) is 58.0 Å². The van der Waals surface area contributed by atoms with Crippen molar-refractivity contribution in [3.63, 3.8) is 0 Å². The molecule has 0 saturated carbocycles. The molecule has 2 aliphatic rings. The van der Waals surface area contributed by atoms with Gasteiger partial charge in [-0.15, -0.1) is 11.3 Å².